The molecule has 0 spiro atoms. The van der Waals surface area contributed by atoms with Crippen LogP contribution in [0.15, 0.2) is 12.1 Å². The molecule has 1 unspecified atom stereocenters. The van der Waals surface area contributed by atoms with Gasteiger partial charge >= 0.3 is 0 Å². The number of anilines is 1. The minimum Gasteiger partial charge on any atom is -0.349 e. The molecule has 1 fully saturated rings. The van der Waals surface area contributed by atoms with Crippen LogP contribution in [0.25, 0.3) is 0 Å². The van der Waals surface area contributed by atoms with Crippen LogP contribution in [0.3, 0.4) is 0 Å². The number of nitrogens with zero attached hydrogens (tertiary/aromatic N) is 1. The fraction of sp³-hybridized carbons (Fsp3) is 0.538. The van der Waals surface area contributed by atoms with E-state index in [2.05, 4.69) is 0 Å². The minimum atomic E-state index is -3.42. The van der Waals surface area contributed by atoms with E-state index < -0.39 is 26.8 Å². The third kappa shape index (κ3) is 3.32. The Labute approximate surface area is 127 Å². The SMILES string of the molecule is CCS(=O)(=O)C1CSCCN1c1c(F)cc(CN)cc1F. The van der Waals surface area contributed by atoms with Crippen LogP contribution in [0, 0.1) is 11.6 Å². The molecule has 1 atom stereocenters. The molecular formula is C13H18F2N2O2S2. The van der Waals surface area contributed by atoms with Crippen molar-refractivity contribution in [3.63, 3.8) is 0 Å². The van der Waals surface area contributed by atoms with Gasteiger partial charge in [-0.15, -0.1) is 0 Å². The highest BCUT2D eigenvalue weighted by Crippen LogP contribution is 2.32. The predicted octanol–water partition coefficient (Wildman–Crippen LogP) is 1.74. The van der Waals surface area contributed by atoms with E-state index in [4.69, 9.17) is 5.73 Å². The number of hydrogen-bond donors (Lipinski definition) is 1. The van der Waals surface area contributed by atoms with E-state index in [-0.39, 0.29) is 18.0 Å². The molecule has 1 aromatic carbocycles. The summed E-state index contributed by atoms with van der Waals surface area (Å²) < 4.78 is 52.7. The number of halogens is 2. The van der Waals surface area contributed by atoms with Crippen molar-refractivity contribution >= 4 is 27.3 Å². The average Bonchev–Trinajstić information content (AvgIpc) is 2.46. The molecule has 0 amide bonds. The smallest absolute Gasteiger partial charge is 0.171 e. The van der Waals surface area contributed by atoms with Crippen molar-refractivity contribution < 1.29 is 17.2 Å². The molecular weight excluding hydrogens is 318 g/mol. The summed E-state index contributed by atoms with van der Waals surface area (Å²) in [5.41, 5.74) is 5.46. The highest BCUT2D eigenvalue weighted by Gasteiger charge is 2.35. The molecule has 2 N–H and O–H groups in total. The second kappa shape index (κ2) is 6.50. The zero-order valence-corrected chi connectivity index (χ0v) is 13.3. The Balaban J connectivity index is 2.48. The molecule has 0 aliphatic carbocycles. The first-order valence-corrected chi connectivity index (χ1v) is 9.51. The first-order chi connectivity index (χ1) is 9.90. The molecule has 0 bridgehead atoms. The van der Waals surface area contributed by atoms with E-state index in [0.717, 1.165) is 12.1 Å². The lowest BCUT2D eigenvalue weighted by Gasteiger charge is -2.36. The van der Waals surface area contributed by atoms with E-state index >= 15 is 0 Å². The largest absolute Gasteiger partial charge is 0.349 e. The van der Waals surface area contributed by atoms with Gasteiger partial charge in [0.05, 0.1) is 0 Å². The molecule has 1 aliphatic heterocycles. The first-order valence-electron chi connectivity index (χ1n) is 6.64. The third-order valence-corrected chi connectivity index (χ3v) is 6.79. The van der Waals surface area contributed by atoms with E-state index in [1.165, 1.54) is 23.6 Å². The normalized spacial score (nSPS) is 19.8. The van der Waals surface area contributed by atoms with Crippen molar-refractivity contribution in [3.8, 4) is 0 Å². The highest BCUT2D eigenvalue weighted by atomic mass is 32.2. The molecule has 8 heteroatoms. The molecule has 1 aromatic rings. The lowest BCUT2D eigenvalue weighted by atomic mass is 10.1. The molecule has 4 nitrogen and oxygen atoms in total. The van der Waals surface area contributed by atoms with Gasteiger partial charge in [-0.3, -0.25) is 0 Å². The van der Waals surface area contributed by atoms with Gasteiger partial charge in [-0.05, 0) is 17.7 Å². The number of rotatable bonds is 4. The molecule has 118 valence electrons. The molecule has 0 saturated carbocycles. The van der Waals surface area contributed by atoms with Crippen molar-refractivity contribution in [3.05, 3.63) is 29.3 Å². The maximum atomic E-state index is 14.2. The Morgan fingerprint density at radius 1 is 1.38 bits per heavy atom. The van der Waals surface area contributed by atoms with E-state index in [0.29, 0.717) is 23.6 Å². The molecule has 2 rings (SSSR count). The quantitative estimate of drug-likeness (QED) is 0.907. The summed E-state index contributed by atoms with van der Waals surface area (Å²) in [7, 11) is -3.42. The van der Waals surface area contributed by atoms with Gasteiger partial charge < -0.3 is 10.6 Å². The van der Waals surface area contributed by atoms with Crippen LogP contribution in [0.4, 0.5) is 14.5 Å². The molecule has 1 aliphatic rings. The van der Waals surface area contributed by atoms with E-state index in [1.807, 2.05) is 0 Å². The highest BCUT2D eigenvalue weighted by molar-refractivity contribution is 8.01. The summed E-state index contributed by atoms with van der Waals surface area (Å²) in [5.74, 6) is -0.642. The van der Waals surface area contributed by atoms with Crippen LogP contribution in [0.1, 0.15) is 12.5 Å². The second-order valence-electron chi connectivity index (χ2n) is 4.79. The topological polar surface area (TPSA) is 63.4 Å². The van der Waals surface area contributed by atoms with Gasteiger partial charge in [0, 0.05) is 30.3 Å². The van der Waals surface area contributed by atoms with Crippen LogP contribution in [0.5, 0.6) is 0 Å². The minimum absolute atomic E-state index is 0.0284. The van der Waals surface area contributed by atoms with Gasteiger partial charge in [0.15, 0.2) is 9.84 Å². The maximum Gasteiger partial charge on any atom is 0.171 e. The fourth-order valence-corrected chi connectivity index (χ4v) is 5.31. The van der Waals surface area contributed by atoms with Crippen molar-refractivity contribution in [2.75, 3.05) is 28.7 Å². The zero-order chi connectivity index (χ0) is 15.6. The standard InChI is InChI=1S/C13H18F2N2O2S2/c1-2-21(18,19)12-8-20-4-3-17(12)13-10(14)5-9(7-16)6-11(13)15/h5-6,12H,2-4,7-8,16H2,1H3. The monoisotopic (exact) mass is 336 g/mol. The van der Waals surface area contributed by atoms with Crippen LogP contribution in [-0.4, -0.2) is 37.6 Å². The summed E-state index contributed by atoms with van der Waals surface area (Å²) in [6.45, 7) is 1.86. The van der Waals surface area contributed by atoms with E-state index in [1.54, 1.807) is 0 Å². The maximum absolute atomic E-state index is 14.2. The van der Waals surface area contributed by atoms with Crippen molar-refractivity contribution in [1.82, 2.24) is 0 Å². The molecule has 21 heavy (non-hydrogen) atoms. The Morgan fingerprint density at radius 3 is 2.52 bits per heavy atom. The molecule has 1 heterocycles. The Bertz CT molecular complexity index is 600. The average molecular weight is 336 g/mol. The zero-order valence-electron chi connectivity index (χ0n) is 11.7. The van der Waals surface area contributed by atoms with Gasteiger partial charge in [0.1, 0.15) is 22.7 Å². The van der Waals surface area contributed by atoms with Gasteiger partial charge in [-0.25, -0.2) is 17.2 Å². The molecule has 0 aromatic heterocycles. The van der Waals surface area contributed by atoms with Gasteiger partial charge in [0.2, 0.25) is 0 Å². The van der Waals surface area contributed by atoms with Crippen molar-refractivity contribution in [2.45, 2.75) is 18.8 Å². The Hall–Kier alpha value is -0.860. The number of benzene rings is 1. The lowest BCUT2D eigenvalue weighted by molar-refractivity contribution is 0.554. The number of thioether (sulfide) groups is 1. The first kappa shape index (κ1) is 16.5. The Morgan fingerprint density at radius 2 is 2.00 bits per heavy atom. The van der Waals surface area contributed by atoms with Crippen molar-refractivity contribution in [2.24, 2.45) is 5.73 Å². The van der Waals surface area contributed by atoms with Gasteiger partial charge in [-0.2, -0.15) is 11.8 Å². The fourth-order valence-electron chi connectivity index (χ4n) is 2.34. The predicted molar refractivity (Wildman–Crippen MR) is 82.2 cm³/mol. The van der Waals surface area contributed by atoms with Crippen LogP contribution in [0.2, 0.25) is 0 Å². The summed E-state index contributed by atoms with van der Waals surface area (Å²) in [4.78, 5) is 1.33. The number of hydrogen-bond acceptors (Lipinski definition) is 5. The van der Waals surface area contributed by atoms with Crippen LogP contribution in [-0.2, 0) is 16.4 Å². The van der Waals surface area contributed by atoms with E-state index in [9.17, 15) is 17.2 Å². The number of sulfone groups is 1. The molecule has 1 saturated heterocycles. The third-order valence-electron chi connectivity index (χ3n) is 3.50. The van der Waals surface area contributed by atoms with Crippen molar-refractivity contribution in [1.29, 1.82) is 0 Å². The second-order valence-corrected chi connectivity index (χ2v) is 8.38. The Kier molecular flexibility index (Phi) is 5.11. The summed E-state index contributed by atoms with van der Waals surface area (Å²) in [6, 6.07) is 2.32. The number of nitrogens with two attached hydrogens (primary N) is 1. The van der Waals surface area contributed by atoms with Crippen LogP contribution >= 0.6 is 11.8 Å². The summed E-state index contributed by atoms with van der Waals surface area (Å²) in [5, 5.41) is -0.894. The summed E-state index contributed by atoms with van der Waals surface area (Å²) in [6.07, 6.45) is 0. The van der Waals surface area contributed by atoms with Gasteiger partial charge in [-0.1, -0.05) is 6.92 Å². The lowest BCUT2D eigenvalue weighted by Crippen LogP contribution is -2.48. The van der Waals surface area contributed by atoms with Gasteiger partial charge in [0.25, 0.3) is 0 Å². The summed E-state index contributed by atoms with van der Waals surface area (Å²) >= 11 is 1.48. The van der Waals surface area contributed by atoms with Crippen LogP contribution < -0.4 is 10.6 Å². The molecule has 0 radical (unpaired) electrons.